The highest BCUT2D eigenvalue weighted by atomic mass is 32.2. The Hall–Kier alpha value is -0.755. The Morgan fingerprint density at radius 2 is 1.12 bits per heavy atom. The number of hydrogen-bond donors (Lipinski definition) is 0. The molecule has 1 rings (SSSR count). The molecule has 1 aromatic rings. The lowest BCUT2D eigenvalue weighted by Crippen LogP contribution is -2.36. The van der Waals surface area contributed by atoms with E-state index in [1.807, 2.05) is 0 Å². The van der Waals surface area contributed by atoms with Crippen LogP contribution in [0.5, 0.6) is 0 Å². The van der Waals surface area contributed by atoms with E-state index in [4.69, 9.17) is 0 Å². The zero-order valence-corrected chi connectivity index (χ0v) is 10.6. The Labute approximate surface area is 100 Å². The number of halogens is 5. The van der Waals surface area contributed by atoms with Crippen LogP contribution in [0.4, 0.5) is 22.0 Å². The van der Waals surface area contributed by atoms with Gasteiger partial charge in [-0.05, 0) is 0 Å². The lowest BCUT2D eigenvalue weighted by atomic mass is 10.3. The molecule has 0 aromatic heterocycles. The molecule has 96 valence electrons. The Balaban J connectivity index is 3.16. The standard InChI is InChI=1S/C9H11BF5NS/c1-16(2,3)10-17-9-7(14)5(12)4(11)6(13)8(9)15/h10H2,1-3H3. The maximum atomic E-state index is 13.2. The van der Waals surface area contributed by atoms with Gasteiger partial charge in [-0.25, -0.2) is 22.0 Å². The van der Waals surface area contributed by atoms with Crippen molar-refractivity contribution in [3.8, 4) is 0 Å². The molecule has 17 heavy (non-hydrogen) atoms. The molecule has 1 nitrogen and oxygen atoms in total. The summed E-state index contributed by atoms with van der Waals surface area (Å²) in [5.74, 6) is -9.39. The zero-order chi connectivity index (χ0) is 13.4. The Morgan fingerprint density at radius 1 is 0.765 bits per heavy atom. The summed E-state index contributed by atoms with van der Waals surface area (Å²) >= 11 is 0.718. The number of quaternary nitrogens is 1. The number of benzene rings is 1. The molecule has 0 aliphatic rings. The van der Waals surface area contributed by atoms with Crippen molar-refractivity contribution in [2.24, 2.45) is 0 Å². The molecule has 0 spiro atoms. The van der Waals surface area contributed by atoms with Crippen molar-refractivity contribution in [3.63, 3.8) is 0 Å². The van der Waals surface area contributed by atoms with E-state index >= 15 is 0 Å². The Morgan fingerprint density at radius 3 is 1.47 bits per heavy atom. The van der Waals surface area contributed by atoms with Crippen LogP contribution in [0.2, 0.25) is 0 Å². The van der Waals surface area contributed by atoms with Crippen molar-refractivity contribution in [2.45, 2.75) is 4.90 Å². The molecular weight excluding hydrogens is 260 g/mol. The van der Waals surface area contributed by atoms with Gasteiger partial charge in [0.05, 0.1) is 4.90 Å². The third-order valence-corrected chi connectivity index (χ3v) is 4.06. The zero-order valence-electron chi connectivity index (χ0n) is 9.75. The molecule has 0 unspecified atom stereocenters. The quantitative estimate of drug-likeness (QED) is 0.351. The van der Waals surface area contributed by atoms with Gasteiger partial charge in [0.1, 0.15) is 0 Å². The summed E-state index contributed by atoms with van der Waals surface area (Å²) in [6.07, 6.45) is 0. The molecule has 0 aliphatic carbocycles. The summed E-state index contributed by atoms with van der Waals surface area (Å²) in [6.45, 7) is -0.988. The van der Waals surface area contributed by atoms with E-state index in [9.17, 15) is 22.0 Å². The molecule has 1 aromatic carbocycles. The SMILES string of the molecule is C[N+](C)(C)[BH2-]Sc1c(F)c(F)c(F)c(F)c1F. The molecule has 8 heteroatoms. The lowest BCUT2D eigenvalue weighted by Gasteiger charge is -2.33. The van der Waals surface area contributed by atoms with Gasteiger partial charge in [-0.3, -0.25) is 11.6 Å². The average Bonchev–Trinajstić information content (AvgIpc) is 2.22. The summed E-state index contributed by atoms with van der Waals surface area (Å²) in [7, 11) is 5.37. The highest BCUT2D eigenvalue weighted by molar-refractivity contribution is 8.21. The van der Waals surface area contributed by atoms with Crippen LogP contribution in [-0.2, 0) is 0 Å². The summed E-state index contributed by atoms with van der Waals surface area (Å²) in [4.78, 5) is -0.783. The van der Waals surface area contributed by atoms with E-state index in [2.05, 4.69) is 0 Å². The molecule has 0 bridgehead atoms. The second-order valence-electron chi connectivity index (χ2n) is 4.97. The maximum Gasteiger partial charge on any atom is 0.241 e. The first-order valence-corrected chi connectivity index (χ1v) is 6.07. The van der Waals surface area contributed by atoms with Crippen LogP contribution in [-0.4, -0.2) is 32.2 Å². The van der Waals surface area contributed by atoms with Crippen molar-refractivity contribution in [2.75, 3.05) is 21.1 Å². The van der Waals surface area contributed by atoms with E-state index in [0.29, 0.717) is 4.39 Å². The van der Waals surface area contributed by atoms with Gasteiger partial charge in [-0.1, -0.05) is 0 Å². The van der Waals surface area contributed by atoms with Crippen LogP contribution in [0, 0.1) is 29.1 Å². The van der Waals surface area contributed by atoms with Crippen LogP contribution in [0.25, 0.3) is 0 Å². The molecule has 0 fully saturated rings. The minimum atomic E-state index is -2.12. The van der Waals surface area contributed by atoms with Crippen LogP contribution in [0.15, 0.2) is 4.90 Å². The topological polar surface area (TPSA) is 0 Å². The van der Waals surface area contributed by atoms with Crippen LogP contribution in [0.3, 0.4) is 0 Å². The number of nitrogens with zero attached hydrogens (tertiary/aromatic N) is 1. The van der Waals surface area contributed by atoms with Gasteiger partial charge in [0, 0.05) is 21.1 Å². The van der Waals surface area contributed by atoms with Crippen molar-refractivity contribution < 1.29 is 26.3 Å². The minimum absolute atomic E-state index is 0.449. The smallest absolute Gasteiger partial charge is 0.241 e. The van der Waals surface area contributed by atoms with Gasteiger partial charge in [-0.15, -0.1) is 0 Å². The normalized spacial score (nSPS) is 12.0. The largest absolute Gasteiger partial charge is 0.518 e. The first-order valence-electron chi connectivity index (χ1n) is 4.85. The average molecular weight is 271 g/mol. The summed E-state index contributed by atoms with van der Waals surface area (Å²) < 4.78 is 65.4. The second kappa shape index (κ2) is 4.85. The molecule has 0 atom stereocenters. The van der Waals surface area contributed by atoms with E-state index in [0.717, 1.165) is 11.6 Å². The summed E-state index contributed by atoms with van der Waals surface area (Å²) in [5, 5.41) is 0. The molecular formula is C9H11BF5NS. The van der Waals surface area contributed by atoms with Crippen molar-refractivity contribution in [1.29, 1.82) is 0 Å². The third kappa shape index (κ3) is 3.13. The van der Waals surface area contributed by atoms with Gasteiger partial charge in [0.15, 0.2) is 23.3 Å². The molecule has 0 radical (unpaired) electrons. The lowest BCUT2D eigenvalue weighted by molar-refractivity contribution is -0.752. The fourth-order valence-electron chi connectivity index (χ4n) is 1.13. The first kappa shape index (κ1) is 14.3. The van der Waals surface area contributed by atoms with Crippen molar-refractivity contribution >= 4 is 18.3 Å². The molecule has 0 aliphatic heterocycles. The van der Waals surface area contributed by atoms with Gasteiger partial charge in [-0.2, -0.15) is 0 Å². The van der Waals surface area contributed by atoms with E-state index in [1.165, 1.54) is 0 Å². The second-order valence-corrected chi connectivity index (χ2v) is 6.15. The maximum absolute atomic E-state index is 13.2. The molecule has 0 amide bonds. The van der Waals surface area contributed by atoms with Crippen molar-refractivity contribution in [1.82, 2.24) is 0 Å². The van der Waals surface area contributed by atoms with Crippen LogP contribution >= 0.6 is 11.6 Å². The molecule has 0 N–H and O–H groups in total. The monoisotopic (exact) mass is 271 g/mol. The van der Waals surface area contributed by atoms with Crippen LogP contribution in [0.1, 0.15) is 0 Å². The highest BCUT2D eigenvalue weighted by Crippen LogP contribution is 2.30. The number of rotatable bonds is 3. The summed E-state index contributed by atoms with van der Waals surface area (Å²) in [5.41, 5.74) is 0. The molecule has 0 saturated carbocycles. The number of hydrogen-bond acceptors (Lipinski definition) is 1. The van der Waals surface area contributed by atoms with Crippen LogP contribution < -0.4 is 0 Å². The Bertz CT molecular complexity index is 417. The predicted octanol–water partition coefficient (Wildman–Crippen LogP) is 2.18. The minimum Gasteiger partial charge on any atom is -0.518 e. The molecule has 0 heterocycles. The first-order chi connectivity index (χ1) is 7.65. The van der Waals surface area contributed by atoms with E-state index in [-0.39, 0.29) is 0 Å². The fraction of sp³-hybridized carbons (Fsp3) is 0.333. The summed E-state index contributed by atoms with van der Waals surface area (Å²) in [6, 6.07) is 0. The van der Waals surface area contributed by atoms with E-state index in [1.54, 1.807) is 21.1 Å². The van der Waals surface area contributed by atoms with Crippen molar-refractivity contribution in [3.05, 3.63) is 29.1 Å². The van der Waals surface area contributed by atoms with Gasteiger partial charge in [0.25, 0.3) is 0 Å². The van der Waals surface area contributed by atoms with Gasteiger partial charge >= 0.3 is 0 Å². The van der Waals surface area contributed by atoms with Gasteiger partial charge < -0.3 is 4.39 Å². The predicted molar refractivity (Wildman–Crippen MR) is 58.7 cm³/mol. The molecule has 0 saturated heterocycles. The fourth-order valence-corrected chi connectivity index (χ4v) is 2.40. The highest BCUT2D eigenvalue weighted by Gasteiger charge is 2.25. The Kier molecular flexibility index (Phi) is 4.08. The van der Waals surface area contributed by atoms with Gasteiger partial charge in [0.2, 0.25) is 12.5 Å². The third-order valence-electron chi connectivity index (χ3n) is 2.01. The van der Waals surface area contributed by atoms with E-state index < -0.39 is 40.7 Å².